The highest BCUT2D eigenvalue weighted by atomic mass is 16.8. The van der Waals surface area contributed by atoms with Crippen molar-refractivity contribution in [2.24, 2.45) is 11.8 Å². The molecule has 0 bridgehead atoms. The lowest BCUT2D eigenvalue weighted by Crippen LogP contribution is -2.60. The Morgan fingerprint density at radius 1 is 1.24 bits per heavy atom. The molecule has 0 saturated carbocycles. The molecular formula is C20H30O9. The third-order valence-electron chi connectivity index (χ3n) is 5.80. The molecule has 0 aromatic rings. The van der Waals surface area contributed by atoms with Crippen LogP contribution < -0.4 is 0 Å². The molecule has 0 aromatic heterocycles. The minimum absolute atomic E-state index is 0.196. The third-order valence-corrected chi connectivity index (χ3v) is 5.80. The number of rotatable bonds is 7. The standard InChI is InChI=1S/C20H30O9/c1-3-5-6-10-7-12-11(4-2)19(26-9-13(12)18(25)27-10)29-20-17(24)16(23)15(22)14(8-21)28-20/h4,9-12,14-17,19-24H,2-3,5-8H2,1H3/t10-,11+,12-,14+,15+,16-,17+,19-,20-/m0/s1. The molecule has 3 aliphatic rings. The SMILES string of the molecule is C=C[C@H]1[C@H](O[C@@H]2O[C@H](CO)[C@@H](O)[C@H](O)[C@H]2O)OC=C2C(=O)O[C@@H](CCCC)C[C@H]21. The maximum Gasteiger partial charge on any atom is 0.337 e. The van der Waals surface area contributed by atoms with Gasteiger partial charge in [0.05, 0.1) is 18.4 Å². The average molecular weight is 414 g/mol. The highest BCUT2D eigenvalue weighted by Gasteiger charge is 2.48. The van der Waals surface area contributed by atoms with Crippen LogP contribution in [-0.4, -0.2) is 76.1 Å². The number of carbonyl (C=O) groups excluding carboxylic acids is 1. The highest BCUT2D eigenvalue weighted by Crippen LogP contribution is 2.41. The van der Waals surface area contributed by atoms with Crippen LogP contribution in [0.4, 0.5) is 0 Å². The molecule has 0 aromatic carbocycles. The van der Waals surface area contributed by atoms with E-state index in [9.17, 15) is 25.2 Å². The van der Waals surface area contributed by atoms with Crippen molar-refractivity contribution < 1.29 is 44.2 Å². The Kier molecular flexibility index (Phi) is 7.31. The predicted octanol–water partition coefficient (Wildman–Crippen LogP) is -0.0328. The Balaban J connectivity index is 1.74. The summed E-state index contributed by atoms with van der Waals surface area (Å²) >= 11 is 0. The first-order valence-corrected chi connectivity index (χ1v) is 10.1. The summed E-state index contributed by atoms with van der Waals surface area (Å²) in [6, 6.07) is 0. The van der Waals surface area contributed by atoms with Crippen molar-refractivity contribution in [3.63, 3.8) is 0 Å². The lowest BCUT2D eigenvalue weighted by Gasteiger charge is -2.44. The molecule has 9 heteroatoms. The summed E-state index contributed by atoms with van der Waals surface area (Å²) in [5.41, 5.74) is 0.413. The van der Waals surface area contributed by atoms with Crippen molar-refractivity contribution in [2.45, 2.75) is 75.7 Å². The van der Waals surface area contributed by atoms with E-state index in [4.69, 9.17) is 18.9 Å². The van der Waals surface area contributed by atoms with E-state index in [1.54, 1.807) is 6.08 Å². The second-order valence-electron chi connectivity index (χ2n) is 7.74. The van der Waals surface area contributed by atoms with Gasteiger partial charge in [-0.25, -0.2) is 4.79 Å². The van der Waals surface area contributed by atoms with E-state index >= 15 is 0 Å². The molecule has 9 atom stereocenters. The lowest BCUT2D eigenvalue weighted by atomic mass is 9.78. The van der Waals surface area contributed by atoms with Gasteiger partial charge in [-0.05, 0) is 12.8 Å². The topological polar surface area (TPSA) is 135 Å². The van der Waals surface area contributed by atoms with Gasteiger partial charge in [-0.2, -0.15) is 0 Å². The number of cyclic esters (lactones) is 1. The molecule has 0 aliphatic carbocycles. The van der Waals surface area contributed by atoms with Gasteiger partial charge in [0.15, 0.2) is 6.29 Å². The molecule has 4 N–H and O–H groups in total. The van der Waals surface area contributed by atoms with Gasteiger partial charge >= 0.3 is 5.97 Å². The Bertz CT molecular complexity index is 619. The van der Waals surface area contributed by atoms with E-state index in [1.807, 2.05) is 0 Å². The minimum atomic E-state index is -1.55. The average Bonchev–Trinajstić information content (AvgIpc) is 2.72. The summed E-state index contributed by atoms with van der Waals surface area (Å²) < 4.78 is 22.2. The molecule has 2 fully saturated rings. The first-order valence-electron chi connectivity index (χ1n) is 10.1. The van der Waals surface area contributed by atoms with Crippen LogP contribution in [0, 0.1) is 11.8 Å². The number of hydrogen-bond donors (Lipinski definition) is 4. The first kappa shape index (κ1) is 22.2. The Morgan fingerprint density at radius 2 is 2.00 bits per heavy atom. The molecule has 3 heterocycles. The Morgan fingerprint density at radius 3 is 2.66 bits per heavy atom. The molecule has 0 amide bonds. The second kappa shape index (κ2) is 9.55. The van der Waals surface area contributed by atoms with E-state index in [0.29, 0.717) is 12.0 Å². The van der Waals surface area contributed by atoms with Gasteiger partial charge < -0.3 is 39.4 Å². The highest BCUT2D eigenvalue weighted by molar-refractivity contribution is 5.90. The van der Waals surface area contributed by atoms with Crippen molar-refractivity contribution in [3.05, 3.63) is 24.5 Å². The summed E-state index contributed by atoms with van der Waals surface area (Å²) in [6.07, 6.45) is -1.86. The molecule has 9 nitrogen and oxygen atoms in total. The molecule has 3 rings (SSSR count). The first-order chi connectivity index (χ1) is 13.9. The smallest absolute Gasteiger partial charge is 0.337 e. The van der Waals surface area contributed by atoms with Crippen molar-refractivity contribution >= 4 is 5.97 Å². The predicted molar refractivity (Wildman–Crippen MR) is 99.0 cm³/mol. The number of ether oxygens (including phenoxy) is 4. The van der Waals surface area contributed by atoms with E-state index in [0.717, 1.165) is 19.3 Å². The number of fused-ring (bicyclic) bond motifs is 1. The maximum atomic E-state index is 12.4. The minimum Gasteiger partial charge on any atom is -0.471 e. The van der Waals surface area contributed by atoms with Crippen LogP contribution in [0.2, 0.25) is 0 Å². The molecular weight excluding hydrogens is 384 g/mol. The summed E-state index contributed by atoms with van der Waals surface area (Å²) in [5, 5.41) is 39.4. The monoisotopic (exact) mass is 414 g/mol. The largest absolute Gasteiger partial charge is 0.471 e. The van der Waals surface area contributed by atoms with Crippen LogP contribution in [0.25, 0.3) is 0 Å². The fraction of sp³-hybridized carbons (Fsp3) is 0.750. The number of esters is 1. The fourth-order valence-corrected chi connectivity index (χ4v) is 4.07. The maximum absolute atomic E-state index is 12.4. The third kappa shape index (κ3) is 4.50. The van der Waals surface area contributed by atoms with Crippen molar-refractivity contribution in [3.8, 4) is 0 Å². The summed E-state index contributed by atoms with van der Waals surface area (Å²) in [7, 11) is 0. The fourth-order valence-electron chi connectivity index (χ4n) is 4.07. The van der Waals surface area contributed by atoms with Gasteiger partial charge in [0, 0.05) is 11.8 Å². The molecule has 2 saturated heterocycles. The van der Waals surface area contributed by atoms with Crippen LogP contribution in [-0.2, 0) is 23.7 Å². The van der Waals surface area contributed by atoms with Crippen molar-refractivity contribution in [1.29, 1.82) is 0 Å². The van der Waals surface area contributed by atoms with Gasteiger partial charge in [0.2, 0.25) is 6.29 Å². The number of unbranched alkanes of at least 4 members (excludes halogenated alkanes) is 1. The quantitative estimate of drug-likeness (QED) is 0.334. The molecule has 164 valence electrons. The van der Waals surface area contributed by atoms with Gasteiger partial charge in [0.1, 0.15) is 30.5 Å². The Hall–Kier alpha value is -1.49. The zero-order valence-electron chi connectivity index (χ0n) is 16.4. The second-order valence-corrected chi connectivity index (χ2v) is 7.74. The van der Waals surface area contributed by atoms with Gasteiger partial charge in [0.25, 0.3) is 0 Å². The molecule has 29 heavy (non-hydrogen) atoms. The van der Waals surface area contributed by atoms with Crippen molar-refractivity contribution in [1.82, 2.24) is 0 Å². The lowest BCUT2D eigenvalue weighted by molar-refractivity contribution is -0.339. The van der Waals surface area contributed by atoms with Crippen LogP contribution in [0.3, 0.4) is 0 Å². The van der Waals surface area contributed by atoms with Crippen LogP contribution in [0.1, 0.15) is 32.6 Å². The number of aliphatic hydroxyl groups is 4. The zero-order chi connectivity index (χ0) is 21.1. The van der Waals surface area contributed by atoms with Crippen molar-refractivity contribution in [2.75, 3.05) is 6.61 Å². The number of carbonyl (C=O) groups is 1. The van der Waals surface area contributed by atoms with Crippen LogP contribution in [0.5, 0.6) is 0 Å². The van der Waals surface area contributed by atoms with Crippen LogP contribution in [0.15, 0.2) is 24.5 Å². The molecule has 0 unspecified atom stereocenters. The van der Waals surface area contributed by atoms with Gasteiger partial charge in [-0.1, -0.05) is 25.8 Å². The van der Waals surface area contributed by atoms with E-state index < -0.39 is 55.5 Å². The molecule has 0 spiro atoms. The number of hydrogen-bond acceptors (Lipinski definition) is 9. The van der Waals surface area contributed by atoms with E-state index in [2.05, 4.69) is 13.5 Å². The number of aliphatic hydroxyl groups excluding tert-OH is 4. The Labute approximate surface area is 169 Å². The van der Waals surface area contributed by atoms with Gasteiger partial charge in [-0.3, -0.25) is 0 Å². The molecule has 0 radical (unpaired) electrons. The van der Waals surface area contributed by atoms with Crippen LogP contribution >= 0.6 is 0 Å². The summed E-state index contributed by atoms with van der Waals surface area (Å²) in [6.45, 7) is 5.35. The van der Waals surface area contributed by atoms with Gasteiger partial charge in [-0.15, -0.1) is 6.58 Å². The van der Waals surface area contributed by atoms with E-state index in [1.165, 1.54) is 6.26 Å². The summed E-state index contributed by atoms with van der Waals surface area (Å²) in [4.78, 5) is 12.4. The normalized spacial score (nSPS) is 42.3. The molecule has 3 aliphatic heterocycles. The zero-order valence-corrected chi connectivity index (χ0v) is 16.4. The summed E-state index contributed by atoms with van der Waals surface area (Å²) in [5.74, 6) is -1.06. The van der Waals surface area contributed by atoms with E-state index in [-0.39, 0.29) is 12.0 Å².